The molecule has 0 saturated carbocycles. The molecule has 0 fully saturated rings. The van der Waals surface area contributed by atoms with Gasteiger partial charge in [0.25, 0.3) is 0 Å². The van der Waals surface area contributed by atoms with Gasteiger partial charge in [-0.25, -0.2) is 0 Å². The zero-order valence-electron chi connectivity index (χ0n) is 12.0. The highest BCUT2D eigenvalue weighted by Gasteiger charge is 2.19. The summed E-state index contributed by atoms with van der Waals surface area (Å²) in [4.78, 5) is 12.5. The summed E-state index contributed by atoms with van der Waals surface area (Å²) in [6, 6.07) is 6.22. The van der Waals surface area contributed by atoms with Gasteiger partial charge in [0.15, 0.2) is 0 Å². The number of likely N-dealkylation sites (N-methyl/N-ethyl adjacent to an activating group) is 1. The zero-order valence-corrected chi connectivity index (χ0v) is 12.0. The number of nitrogens with zero attached hydrogens (tertiary/aromatic N) is 1. The van der Waals surface area contributed by atoms with Crippen molar-refractivity contribution in [1.82, 2.24) is 4.90 Å². The summed E-state index contributed by atoms with van der Waals surface area (Å²) in [6.07, 6.45) is 0.925. The van der Waals surface area contributed by atoms with E-state index in [1.54, 1.807) is 7.11 Å². The summed E-state index contributed by atoms with van der Waals surface area (Å²) in [5, 5.41) is 0. The molecule has 3 nitrogen and oxygen atoms in total. The molecule has 1 aromatic carbocycles. The third kappa shape index (κ3) is 3.84. The van der Waals surface area contributed by atoms with E-state index in [1.807, 2.05) is 18.0 Å². The Labute approximate surface area is 110 Å². The number of benzene rings is 1. The molecule has 0 amide bonds. The maximum atomic E-state index is 10.5. The molecule has 0 spiro atoms. The Kier molecular flexibility index (Phi) is 4.91. The number of methoxy groups -OCH3 is 1. The molecule has 1 rings (SSSR count). The summed E-state index contributed by atoms with van der Waals surface area (Å²) in [6.45, 7) is 7.74. The van der Waals surface area contributed by atoms with Gasteiger partial charge in [0.2, 0.25) is 0 Å². The van der Waals surface area contributed by atoms with Crippen molar-refractivity contribution in [3.63, 3.8) is 0 Å². The fourth-order valence-corrected chi connectivity index (χ4v) is 1.94. The Morgan fingerprint density at radius 3 is 2.50 bits per heavy atom. The lowest BCUT2D eigenvalue weighted by molar-refractivity contribution is -0.108. The lowest BCUT2D eigenvalue weighted by Gasteiger charge is -2.23. The minimum absolute atomic E-state index is 0.0462. The fourth-order valence-electron chi connectivity index (χ4n) is 1.94. The normalized spacial score (nSPS) is 11.7. The van der Waals surface area contributed by atoms with Crippen LogP contribution in [-0.4, -0.2) is 31.9 Å². The molecule has 100 valence electrons. The number of hydrogen-bond acceptors (Lipinski definition) is 3. The van der Waals surface area contributed by atoms with E-state index in [0.717, 1.165) is 18.6 Å². The first-order valence-corrected chi connectivity index (χ1v) is 6.18. The molecular weight excluding hydrogens is 226 g/mol. The average Bonchev–Trinajstić information content (AvgIpc) is 2.28. The molecule has 0 aromatic heterocycles. The van der Waals surface area contributed by atoms with Gasteiger partial charge in [0.05, 0.1) is 13.7 Å². The van der Waals surface area contributed by atoms with Crippen LogP contribution in [-0.2, 0) is 16.8 Å². The zero-order chi connectivity index (χ0) is 13.8. The van der Waals surface area contributed by atoms with Crippen molar-refractivity contribution >= 4 is 6.29 Å². The second kappa shape index (κ2) is 6.01. The first-order valence-electron chi connectivity index (χ1n) is 6.18. The fraction of sp³-hybridized carbons (Fsp3) is 0.533. The third-order valence-electron chi connectivity index (χ3n) is 2.91. The maximum absolute atomic E-state index is 10.5. The number of carbonyl (C=O) groups is 1. The highest BCUT2D eigenvalue weighted by atomic mass is 16.5. The Bertz CT molecular complexity index is 407. The predicted octanol–water partition coefficient (Wildman–Crippen LogP) is 2.62. The van der Waals surface area contributed by atoms with Crippen LogP contribution in [0.4, 0.5) is 0 Å². The van der Waals surface area contributed by atoms with E-state index in [9.17, 15) is 4.79 Å². The highest BCUT2D eigenvalue weighted by Crippen LogP contribution is 2.32. The Balaban J connectivity index is 3.00. The van der Waals surface area contributed by atoms with Crippen LogP contribution in [0.25, 0.3) is 0 Å². The van der Waals surface area contributed by atoms with Crippen LogP contribution in [0.1, 0.15) is 31.9 Å². The van der Waals surface area contributed by atoms with Gasteiger partial charge in [-0.1, -0.05) is 32.9 Å². The molecule has 0 unspecified atom stereocenters. The minimum atomic E-state index is 0.0462. The standard InChI is InChI=1S/C15H23NO2/c1-15(2,3)13-10-12(6-7-14(13)18-5)11-16(4)8-9-17/h6-7,9-10H,8,11H2,1-5H3. The lowest BCUT2D eigenvalue weighted by Crippen LogP contribution is -2.20. The second-order valence-electron chi connectivity index (χ2n) is 5.65. The minimum Gasteiger partial charge on any atom is -0.496 e. The quantitative estimate of drug-likeness (QED) is 0.751. The summed E-state index contributed by atoms with van der Waals surface area (Å²) in [7, 11) is 3.64. The van der Waals surface area contributed by atoms with Gasteiger partial charge >= 0.3 is 0 Å². The molecule has 0 radical (unpaired) electrons. The summed E-state index contributed by atoms with van der Waals surface area (Å²) >= 11 is 0. The molecule has 0 N–H and O–H groups in total. The van der Waals surface area contributed by atoms with Gasteiger partial charge in [-0.2, -0.15) is 0 Å². The Morgan fingerprint density at radius 1 is 1.33 bits per heavy atom. The van der Waals surface area contributed by atoms with Crippen molar-refractivity contribution in [1.29, 1.82) is 0 Å². The molecule has 0 atom stereocenters. The van der Waals surface area contributed by atoms with E-state index < -0.39 is 0 Å². The van der Waals surface area contributed by atoms with E-state index in [0.29, 0.717) is 6.54 Å². The average molecular weight is 249 g/mol. The van der Waals surface area contributed by atoms with Gasteiger partial charge in [0.1, 0.15) is 12.0 Å². The van der Waals surface area contributed by atoms with E-state index >= 15 is 0 Å². The summed E-state index contributed by atoms with van der Waals surface area (Å²) in [5.41, 5.74) is 2.44. The molecule has 0 aliphatic heterocycles. The topological polar surface area (TPSA) is 29.5 Å². The van der Waals surface area contributed by atoms with Crippen LogP contribution in [0.3, 0.4) is 0 Å². The first-order chi connectivity index (χ1) is 8.38. The molecule has 0 saturated heterocycles. The molecule has 0 bridgehead atoms. The Hall–Kier alpha value is -1.35. The van der Waals surface area contributed by atoms with Crippen molar-refractivity contribution in [3.05, 3.63) is 29.3 Å². The molecule has 18 heavy (non-hydrogen) atoms. The molecule has 3 heteroatoms. The lowest BCUT2D eigenvalue weighted by atomic mass is 9.85. The summed E-state index contributed by atoms with van der Waals surface area (Å²) < 4.78 is 5.41. The van der Waals surface area contributed by atoms with Gasteiger partial charge < -0.3 is 9.53 Å². The number of rotatable bonds is 5. The van der Waals surface area contributed by atoms with E-state index in [-0.39, 0.29) is 5.41 Å². The van der Waals surface area contributed by atoms with E-state index in [1.165, 1.54) is 11.1 Å². The number of carbonyl (C=O) groups excluding carboxylic acids is 1. The van der Waals surface area contributed by atoms with E-state index in [4.69, 9.17) is 4.74 Å². The van der Waals surface area contributed by atoms with Crippen LogP contribution in [0.5, 0.6) is 5.75 Å². The van der Waals surface area contributed by atoms with Gasteiger partial charge in [0, 0.05) is 6.54 Å². The van der Waals surface area contributed by atoms with Crippen molar-refractivity contribution in [3.8, 4) is 5.75 Å². The molecular formula is C15H23NO2. The van der Waals surface area contributed by atoms with Gasteiger partial charge in [-0.15, -0.1) is 0 Å². The predicted molar refractivity (Wildman–Crippen MR) is 74.1 cm³/mol. The van der Waals surface area contributed by atoms with Crippen molar-refractivity contribution in [2.24, 2.45) is 0 Å². The van der Waals surface area contributed by atoms with Crippen molar-refractivity contribution < 1.29 is 9.53 Å². The molecule has 0 heterocycles. The largest absolute Gasteiger partial charge is 0.496 e. The SMILES string of the molecule is COc1ccc(CN(C)CC=O)cc1C(C)(C)C. The Morgan fingerprint density at radius 2 is 2.00 bits per heavy atom. The maximum Gasteiger partial charge on any atom is 0.133 e. The highest BCUT2D eigenvalue weighted by molar-refractivity contribution is 5.52. The van der Waals surface area contributed by atoms with Crippen LogP contribution in [0, 0.1) is 0 Å². The van der Waals surface area contributed by atoms with E-state index in [2.05, 4.69) is 32.9 Å². The first kappa shape index (κ1) is 14.7. The number of ether oxygens (including phenoxy) is 1. The second-order valence-corrected chi connectivity index (χ2v) is 5.65. The van der Waals surface area contributed by atoms with Crippen LogP contribution < -0.4 is 4.74 Å². The number of aldehydes is 1. The molecule has 0 aliphatic carbocycles. The third-order valence-corrected chi connectivity index (χ3v) is 2.91. The van der Waals surface area contributed by atoms with Crippen molar-refractivity contribution in [2.45, 2.75) is 32.7 Å². The van der Waals surface area contributed by atoms with Gasteiger partial charge in [-0.05, 0) is 29.7 Å². The van der Waals surface area contributed by atoms with Crippen LogP contribution >= 0.6 is 0 Å². The van der Waals surface area contributed by atoms with Gasteiger partial charge in [-0.3, -0.25) is 4.90 Å². The van der Waals surface area contributed by atoms with Crippen molar-refractivity contribution in [2.75, 3.05) is 20.7 Å². The monoisotopic (exact) mass is 249 g/mol. The van der Waals surface area contributed by atoms with Crippen LogP contribution in [0.2, 0.25) is 0 Å². The number of hydrogen-bond donors (Lipinski definition) is 0. The summed E-state index contributed by atoms with van der Waals surface area (Å²) in [5.74, 6) is 0.921. The van der Waals surface area contributed by atoms with Crippen LogP contribution in [0.15, 0.2) is 18.2 Å². The molecule has 0 aliphatic rings. The molecule has 1 aromatic rings. The smallest absolute Gasteiger partial charge is 0.133 e.